The summed E-state index contributed by atoms with van der Waals surface area (Å²) in [5.74, 6) is -0.427. The first kappa shape index (κ1) is 15.4. The minimum Gasteiger partial charge on any atom is -0.458 e. The highest BCUT2D eigenvalue weighted by Crippen LogP contribution is 2.14. The summed E-state index contributed by atoms with van der Waals surface area (Å²) in [5.41, 5.74) is 0.995. The third-order valence-electron chi connectivity index (χ3n) is 2.54. The number of aryl methyl sites for hydroxylation is 1. The molecule has 0 amide bonds. The third-order valence-corrected chi connectivity index (χ3v) is 3.99. The van der Waals surface area contributed by atoms with E-state index in [1.54, 1.807) is 24.3 Å². The molecule has 0 spiro atoms. The second-order valence-electron chi connectivity index (χ2n) is 4.24. The van der Waals surface area contributed by atoms with E-state index in [0.717, 1.165) is 11.0 Å². The van der Waals surface area contributed by atoms with Crippen molar-refractivity contribution >= 4 is 15.8 Å². The van der Waals surface area contributed by atoms with Crippen LogP contribution >= 0.6 is 0 Å². The van der Waals surface area contributed by atoms with Gasteiger partial charge in [-0.1, -0.05) is 24.6 Å². The topological polar surface area (TPSA) is 60.4 Å². The van der Waals surface area contributed by atoms with Gasteiger partial charge >= 0.3 is 5.97 Å². The van der Waals surface area contributed by atoms with Gasteiger partial charge in [-0.2, -0.15) is 0 Å². The molecular weight excluding hydrogens is 264 g/mol. The van der Waals surface area contributed by atoms with Gasteiger partial charge in [-0.25, -0.2) is 8.42 Å². The normalized spacial score (nSPS) is 13.4. The summed E-state index contributed by atoms with van der Waals surface area (Å²) in [5, 5.41) is 1.09. The van der Waals surface area contributed by atoms with E-state index in [1.165, 1.54) is 13.0 Å². The van der Waals surface area contributed by atoms with Gasteiger partial charge in [-0.05, 0) is 31.6 Å². The van der Waals surface area contributed by atoms with Crippen molar-refractivity contribution in [3.05, 3.63) is 41.3 Å². The number of sulfone groups is 1. The number of ether oxygens (including phenoxy) is 1. The van der Waals surface area contributed by atoms with Crippen molar-refractivity contribution in [3.8, 4) is 0 Å². The van der Waals surface area contributed by atoms with Crippen molar-refractivity contribution in [2.45, 2.75) is 38.2 Å². The monoisotopic (exact) mass is 282 g/mol. The number of benzene rings is 1. The Labute approximate surface area is 114 Å². The molecule has 19 heavy (non-hydrogen) atoms. The second kappa shape index (κ2) is 6.52. The first-order valence-corrected chi connectivity index (χ1v) is 7.57. The molecule has 0 N–H and O–H groups in total. The van der Waals surface area contributed by atoms with Crippen LogP contribution in [0.15, 0.2) is 40.6 Å². The summed E-state index contributed by atoms with van der Waals surface area (Å²) in [6.07, 6.45) is 1.41. The van der Waals surface area contributed by atoms with E-state index in [0.29, 0.717) is 6.42 Å². The van der Waals surface area contributed by atoms with Gasteiger partial charge < -0.3 is 4.74 Å². The molecule has 0 aliphatic carbocycles. The van der Waals surface area contributed by atoms with E-state index < -0.39 is 21.9 Å². The molecule has 4 nitrogen and oxygen atoms in total. The van der Waals surface area contributed by atoms with Gasteiger partial charge in [-0.3, -0.25) is 4.79 Å². The average Bonchev–Trinajstić information content (AvgIpc) is 2.34. The van der Waals surface area contributed by atoms with Crippen LogP contribution < -0.4 is 0 Å². The molecule has 0 aliphatic heterocycles. The van der Waals surface area contributed by atoms with E-state index in [9.17, 15) is 13.2 Å². The van der Waals surface area contributed by atoms with Crippen molar-refractivity contribution in [2.24, 2.45) is 0 Å². The summed E-state index contributed by atoms with van der Waals surface area (Å²) in [4.78, 5) is 11.1. The second-order valence-corrected chi connectivity index (χ2v) is 6.08. The largest absolute Gasteiger partial charge is 0.458 e. The summed E-state index contributed by atoms with van der Waals surface area (Å²) in [6.45, 7) is 5.00. The van der Waals surface area contributed by atoms with Crippen LogP contribution in [0.3, 0.4) is 0 Å². The van der Waals surface area contributed by atoms with Crippen molar-refractivity contribution in [3.63, 3.8) is 0 Å². The summed E-state index contributed by atoms with van der Waals surface area (Å²) >= 11 is 0. The average molecular weight is 282 g/mol. The van der Waals surface area contributed by atoms with Gasteiger partial charge in [0.2, 0.25) is 0 Å². The zero-order valence-corrected chi connectivity index (χ0v) is 12.1. The van der Waals surface area contributed by atoms with Crippen LogP contribution in [0.1, 0.15) is 25.8 Å². The van der Waals surface area contributed by atoms with E-state index in [1.807, 2.05) is 13.8 Å². The molecule has 0 heterocycles. The molecule has 0 fully saturated rings. The Morgan fingerprint density at radius 3 is 2.37 bits per heavy atom. The molecule has 0 bridgehead atoms. The Hall–Kier alpha value is -1.62. The standard InChI is InChI=1S/C14H18O4S/c1-4-13(18-12(3)15)9-10-19(16,17)14-7-5-11(2)6-8-14/h5-10,13H,4H2,1-3H3/b10-9+. The lowest BCUT2D eigenvalue weighted by molar-refractivity contribution is -0.144. The molecule has 104 valence electrons. The van der Waals surface area contributed by atoms with Gasteiger partial charge in [0.1, 0.15) is 6.10 Å². The molecule has 0 radical (unpaired) electrons. The first-order chi connectivity index (χ1) is 8.85. The lowest BCUT2D eigenvalue weighted by Gasteiger charge is -2.09. The predicted octanol–water partition coefficient (Wildman–Crippen LogP) is 2.62. The van der Waals surface area contributed by atoms with Crippen LogP contribution in [0.25, 0.3) is 0 Å². The molecule has 5 heteroatoms. The van der Waals surface area contributed by atoms with Gasteiger partial charge in [0.25, 0.3) is 0 Å². The Morgan fingerprint density at radius 2 is 1.89 bits per heavy atom. The Balaban J connectivity index is 2.89. The quantitative estimate of drug-likeness (QED) is 0.779. The Kier molecular flexibility index (Phi) is 5.30. The van der Waals surface area contributed by atoms with Crippen molar-refractivity contribution in [1.29, 1.82) is 0 Å². The maximum Gasteiger partial charge on any atom is 0.303 e. The molecule has 0 saturated heterocycles. The molecule has 0 saturated carbocycles. The SMILES string of the molecule is CCC(/C=C/S(=O)(=O)c1ccc(C)cc1)OC(C)=O. The molecule has 1 rings (SSSR count). The molecule has 1 atom stereocenters. The Morgan fingerprint density at radius 1 is 1.32 bits per heavy atom. The van der Waals surface area contributed by atoms with Crippen LogP contribution in [-0.4, -0.2) is 20.5 Å². The van der Waals surface area contributed by atoms with Crippen LogP contribution in [0.5, 0.6) is 0 Å². The highest BCUT2D eigenvalue weighted by molar-refractivity contribution is 7.94. The van der Waals surface area contributed by atoms with Crippen molar-refractivity contribution in [1.82, 2.24) is 0 Å². The lowest BCUT2D eigenvalue weighted by Crippen LogP contribution is -2.12. The maximum absolute atomic E-state index is 12.0. The molecule has 0 aliphatic rings. The number of carbonyl (C=O) groups is 1. The zero-order chi connectivity index (χ0) is 14.5. The van der Waals surface area contributed by atoms with Gasteiger partial charge in [0, 0.05) is 12.3 Å². The fraction of sp³-hybridized carbons (Fsp3) is 0.357. The third kappa shape index (κ3) is 4.87. The van der Waals surface area contributed by atoms with Crippen LogP contribution in [0.4, 0.5) is 0 Å². The van der Waals surface area contributed by atoms with E-state index in [2.05, 4.69) is 0 Å². The number of hydrogen-bond acceptors (Lipinski definition) is 4. The van der Waals surface area contributed by atoms with Crippen LogP contribution in [0.2, 0.25) is 0 Å². The molecule has 1 aromatic carbocycles. The molecule has 1 unspecified atom stereocenters. The number of esters is 1. The maximum atomic E-state index is 12.0. The van der Waals surface area contributed by atoms with Gasteiger partial charge in [0.05, 0.1) is 4.90 Å². The predicted molar refractivity (Wildman–Crippen MR) is 73.3 cm³/mol. The van der Waals surface area contributed by atoms with Crippen LogP contribution in [-0.2, 0) is 19.4 Å². The van der Waals surface area contributed by atoms with Crippen molar-refractivity contribution in [2.75, 3.05) is 0 Å². The van der Waals surface area contributed by atoms with E-state index in [-0.39, 0.29) is 4.90 Å². The Bertz CT molecular complexity index is 556. The number of hydrogen-bond donors (Lipinski definition) is 0. The highest BCUT2D eigenvalue weighted by Gasteiger charge is 2.12. The molecular formula is C14H18O4S. The molecule has 1 aromatic rings. The van der Waals surface area contributed by atoms with Gasteiger partial charge in [-0.15, -0.1) is 0 Å². The van der Waals surface area contributed by atoms with Crippen molar-refractivity contribution < 1.29 is 17.9 Å². The minimum absolute atomic E-state index is 0.229. The first-order valence-electron chi connectivity index (χ1n) is 6.02. The zero-order valence-electron chi connectivity index (χ0n) is 11.3. The smallest absolute Gasteiger partial charge is 0.303 e. The summed E-state index contributed by atoms with van der Waals surface area (Å²) in [6, 6.07) is 6.60. The number of carbonyl (C=O) groups excluding carboxylic acids is 1. The van der Waals surface area contributed by atoms with E-state index in [4.69, 9.17) is 4.74 Å². The van der Waals surface area contributed by atoms with E-state index >= 15 is 0 Å². The van der Waals surface area contributed by atoms with Gasteiger partial charge in [0.15, 0.2) is 9.84 Å². The highest BCUT2D eigenvalue weighted by atomic mass is 32.2. The molecule has 0 aromatic heterocycles. The summed E-state index contributed by atoms with van der Waals surface area (Å²) in [7, 11) is -3.49. The van der Waals surface area contributed by atoms with Crippen LogP contribution in [0, 0.1) is 6.92 Å². The minimum atomic E-state index is -3.49. The number of rotatable bonds is 5. The summed E-state index contributed by atoms with van der Waals surface area (Å²) < 4.78 is 29.0. The fourth-order valence-electron chi connectivity index (χ4n) is 1.47. The lowest BCUT2D eigenvalue weighted by atomic mass is 10.2. The fourth-order valence-corrected chi connectivity index (χ4v) is 2.52.